The summed E-state index contributed by atoms with van der Waals surface area (Å²) >= 11 is 0. The van der Waals surface area contributed by atoms with Gasteiger partial charge in [-0.15, -0.1) is 0 Å². The van der Waals surface area contributed by atoms with E-state index in [0.29, 0.717) is 17.1 Å². The van der Waals surface area contributed by atoms with E-state index >= 15 is 0 Å². The van der Waals surface area contributed by atoms with Crippen LogP contribution in [0.2, 0.25) is 0 Å². The summed E-state index contributed by atoms with van der Waals surface area (Å²) in [5.41, 5.74) is 7.15. The van der Waals surface area contributed by atoms with E-state index in [0.717, 1.165) is 40.3 Å². The maximum absolute atomic E-state index is 12.6. The van der Waals surface area contributed by atoms with Crippen molar-refractivity contribution in [2.45, 2.75) is 40.2 Å². The van der Waals surface area contributed by atoms with Crippen LogP contribution in [0.15, 0.2) is 71.8 Å². The Morgan fingerprint density at radius 3 is 2.22 bits per heavy atom. The second-order valence-corrected chi connectivity index (χ2v) is 8.51. The highest BCUT2D eigenvalue weighted by Gasteiger charge is 2.14. The molecule has 0 aliphatic heterocycles. The number of anilines is 2. The molecule has 184 valence electrons. The van der Waals surface area contributed by atoms with Crippen molar-refractivity contribution in [3.05, 3.63) is 72.3 Å². The van der Waals surface area contributed by atoms with E-state index in [-0.39, 0.29) is 12.3 Å². The first kappa shape index (κ1) is 24.7. The Morgan fingerprint density at radius 2 is 1.50 bits per heavy atom. The molecule has 3 N–H and O–H groups in total. The van der Waals surface area contributed by atoms with E-state index in [1.165, 1.54) is 0 Å². The highest BCUT2D eigenvalue weighted by atomic mass is 16.2. The van der Waals surface area contributed by atoms with Crippen molar-refractivity contribution in [2.24, 2.45) is 5.10 Å². The Balaban J connectivity index is 1.35. The maximum Gasteiger partial charge on any atom is 0.329 e. The number of hydrogen-bond acceptors (Lipinski definition) is 4. The van der Waals surface area contributed by atoms with Crippen molar-refractivity contribution in [1.29, 1.82) is 0 Å². The van der Waals surface area contributed by atoms with Gasteiger partial charge in [-0.3, -0.25) is 14.4 Å². The highest BCUT2D eigenvalue weighted by Crippen LogP contribution is 2.31. The molecule has 3 aromatic carbocycles. The van der Waals surface area contributed by atoms with Crippen molar-refractivity contribution in [1.82, 2.24) is 9.99 Å². The zero-order valence-corrected chi connectivity index (χ0v) is 20.6. The Labute approximate surface area is 209 Å². The molecule has 36 heavy (non-hydrogen) atoms. The van der Waals surface area contributed by atoms with Gasteiger partial charge in [0.25, 0.3) is 0 Å². The minimum Gasteiger partial charge on any atom is -0.341 e. The summed E-state index contributed by atoms with van der Waals surface area (Å²) in [6.45, 7) is 6.60. The van der Waals surface area contributed by atoms with Gasteiger partial charge in [-0.05, 0) is 62.2 Å². The number of carbonyl (C=O) groups is 3. The number of aromatic nitrogens is 1. The predicted octanol–water partition coefficient (Wildman–Crippen LogP) is 4.84. The second-order valence-electron chi connectivity index (χ2n) is 8.51. The molecule has 0 saturated carbocycles. The van der Waals surface area contributed by atoms with Gasteiger partial charge >= 0.3 is 11.8 Å². The van der Waals surface area contributed by atoms with Crippen LogP contribution in [0.5, 0.6) is 0 Å². The van der Waals surface area contributed by atoms with Crippen LogP contribution in [0.4, 0.5) is 11.4 Å². The van der Waals surface area contributed by atoms with E-state index in [1.54, 1.807) is 19.1 Å². The largest absolute Gasteiger partial charge is 0.341 e. The molecule has 0 aliphatic carbocycles. The van der Waals surface area contributed by atoms with E-state index in [9.17, 15) is 14.4 Å². The fraction of sp³-hybridized carbons (Fsp3) is 0.214. The van der Waals surface area contributed by atoms with Crippen LogP contribution in [-0.2, 0) is 27.3 Å². The molecule has 1 heterocycles. The molecule has 0 unspecified atom stereocenters. The minimum absolute atomic E-state index is 0.0326. The second kappa shape index (κ2) is 10.9. The lowest BCUT2D eigenvalue weighted by atomic mass is 10.1. The lowest BCUT2D eigenvalue weighted by molar-refractivity contribution is -0.136. The van der Waals surface area contributed by atoms with Crippen LogP contribution in [-0.4, -0.2) is 28.0 Å². The number of benzene rings is 3. The predicted molar refractivity (Wildman–Crippen MR) is 144 cm³/mol. The van der Waals surface area contributed by atoms with Gasteiger partial charge in [0.05, 0.1) is 6.42 Å². The third-order valence-corrected chi connectivity index (χ3v) is 5.96. The monoisotopic (exact) mass is 483 g/mol. The van der Waals surface area contributed by atoms with Crippen LogP contribution in [0.1, 0.15) is 32.8 Å². The quantitative estimate of drug-likeness (QED) is 0.199. The molecular weight excluding hydrogens is 454 g/mol. The SMILES string of the molecule is CCc1ccc(NC(=O)C(=O)NN=C(C)CC(=O)Nc2ccc3c(c2)c2ccccc2n3CC)cc1. The normalized spacial score (nSPS) is 11.5. The first-order chi connectivity index (χ1) is 17.4. The molecular formula is C28H29N5O3. The van der Waals surface area contributed by atoms with Gasteiger partial charge in [-0.1, -0.05) is 37.3 Å². The molecule has 0 atom stereocenters. The van der Waals surface area contributed by atoms with Crippen LogP contribution >= 0.6 is 0 Å². The van der Waals surface area contributed by atoms with Gasteiger partial charge in [-0.2, -0.15) is 5.10 Å². The average Bonchev–Trinajstić information content (AvgIpc) is 3.20. The number of fused-ring (bicyclic) bond motifs is 3. The lowest BCUT2D eigenvalue weighted by Crippen LogP contribution is -2.33. The molecule has 0 aliphatic rings. The number of rotatable bonds is 7. The molecule has 0 spiro atoms. The summed E-state index contributed by atoms with van der Waals surface area (Å²) in [5.74, 6) is -2.02. The topological polar surface area (TPSA) is 105 Å². The molecule has 8 nitrogen and oxygen atoms in total. The Bertz CT molecular complexity index is 1470. The smallest absolute Gasteiger partial charge is 0.329 e. The average molecular weight is 484 g/mol. The third-order valence-electron chi connectivity index (χ3n) is 5.96. The summed E-state index contributed by atoms with van der Waals surface area (Å²) in [6.07, 6.45) is 0.851. The number of nitrogens with one attached hydrogen (secondary N) is 3. The van der Waals surface area contributed by atoms with Crippen molar-refractivity contribution < 1.29 is 14.4 Å². The molecule has 0 saturated heterocycles. The number of hydrazone groups is 1. The lowest BCUT2D eigenvalue weighted by Gasteiger charge is -2.07. The van der Waals surface area contributed by atoms with Crippen LogP contribution < -0.4 is 16.1 Å². The number of nitrogens with zero attached hydrogens (tertiary/aromatic N) is 2. The Kier molecular flexibility index (Phi) is 7.44. The van der Waals surface area contributed by atoms with Crippen molar-refractivity contribution in [2.75, 3.05) is 10.6 Å². The molecule has 8 heteroatoms. The van der Waals surface area contributed by atoms with Crippen LogP contribution in [0, 0.1) is 0 Å². The van der Waals surface area contributed by atoms with Gasteiger partial charge in [0, 0.05) is 45.4 Å². The van der Waals surface area contributed by atoms with Gasteiger partial charge in [0.1, 0.15) is 0 Å². The molecule has 0 bridgehead atoms. The first-order valence-corrected chi connectivity index (χ1v) is 11.9. The number of hydrogen-bond donors (Lipinski definition) is 3. The summed E-state index contributed by atoms with van der Waals surface area (Å²) in [5, 5.41) is 11.5. The van der Waals surface area contributed by atoms with Gasteiger partial charge in [0.2, 0.25) is 5.91 Å². The summed E-state index contributed by atoms with van der Waals surface area (Å²) in [6, 6.07) is 21.3. The standard InChI is InChI=1S/C28H29N5O3/c1-4-19-10-12-20(13-11-19)30-27(35)28(36)32-31-18(3)16-26(34)29-21-14-15-25-23(17-21)22-8-6-7-9-24(22)33(25)5-2/h6-15,17H,4-5,16H2,1-3H3,(H,29,34)(H,30,35)(H,32,36). The van der Waals surface area contributed by atoms with E-state index in [4.69, 9.17) is 0 Å². The fourth-order valence-electron chi connectivity index (χ4n) is 4.16. The molecule has 1 aromatic heterocycles. The molecule has 0 radical (unpaired) electrons. The maximum atomic E-state index is 12.6. The van der Waals surface area contributed by atoms with Crippen molar-refractivity contribution in [3.63, 3.8) is 0 Å². The van der Waals surface area contributed by atoms with Crippen LogP contribution in [0.3, 0.4) is 0 Å². The summed E-state index contributed by atoms with van der Waals surface area (Å²) < 4.78 is 2.24. The van der Waals surface area contributed by atoms with Crippen LogP contribution in [0.25, 0.3) is 21.8 Å². The minimum atomic E-state index is -0.910. The van der Waals surface area contributed by atoms with E-state index in [1.807, 2.05) is 49.4 Å². The number of para-hydroxylation sites is 1. The van der Waals surface area contributed by atoms with E-state index in [2.05, 4.69) is 44.8 Å². The first-order valence-electron chi connectivity index (χ1n) is 11.9. The fourth-order valence-corrected chi connectivity index (χ4v) is 4.16. The number of aryl methyl sites for hydroxylation is 2. The van der Waals surface area contributed by atoms with E-state index < -0.39 is 11.8 Å². The van der Waals surface area contributed by atoms with Gasteiger partial charge in [0.15, 0.2) is 0 Å². The molecule has 4 aromatic rings. The number of amides is 3. The number of carbonyl (C=O) groups excluding carboxylic acids is 3. The van der Waals surface area contributed by atoms with Gasteiger partial charge in [-0.25, -0.2) is 5.43 Å². The molecule has 0 fully saturated rings. The van der Waals surface area contributed by atoms with Crippen molar-refractivity contribution >= 4 is 56.6 Å². The molecule has 4 rings (SSSR count). The summed E-state index contributed by atoms with van der Waals surface area (Å²) in [7, 11) is 0. The van der Waals surface area contributed by atoms with Crippen molar-refractivity contribution in [3.8, 4) is 0 Å². The molecule has 3 amide bonds. The zero-order valence-electron chi connectivity index (χ0n) is 20.6. The summed E-state index contributed by atoms with van der Waals surface area (Å²) in [4.78, 5) is 36.7. The zero-order chi connectivity index (χ0) is 25.7. The Morgan fingerprint density at radius 1 is 0.806 bits per heavy atom. The highest BCUT2D eigenvalue weighted by molar-refractivity contribution is 6.39. The Hall–Kier alpha value is -4.46. The third kappa shape index (κ3) is 5.43. The van der Waals surface area contributed by atoms with Gasteiger partial charge < -0.3 is 15.2 Å².